The van der Waals surface area contributed by atoms with Crippen LogP contribution in [0.4, 0.5) is 17.5 Å². The minimum Gasteiger partial charge on any atom is -0.368 e. The number of piperazine rings is 1. The summed E-state index contributed by atoms with van der Waals surface area (Å²) in [5, 5.41) is 11.3. The van der Waals surface area contributed by atoms with E-state index in [0.29, 0.717) is 5.95 Å². The van der Waals surface area contributed by atoms with Crippen molar-refractivity contribution in [2.45, 2.75) is 20.3 Å². The van der Waals surface area contributed by atoms with Gasteiger partial charge in [-0.3, -0.25) is 0 Å². The van der Waals surface area contributed by atoms with Crippen molar-refractivity contribution >= 4 is 17.5 Å². The van der Waals surface area contributed by atoms with Crippen LogP contribution in [0.1, 0.15) is 18.9 Å². The molecule has 0 atom stereocenters. The summed E-state index contributed by atoms with van der Waals surface area (Å²) in [4.78, 5) is 9.27. The first-order valence-electron chi connectivity index (χ1n) is 8.26. The number of benzene rings is 1. The van der Waals surface area contributed by atoms with Crippen molar-refractivity contribution < 1.29 is 0 Å². The van der Waals surface area contributed by atoms with Crippen molar-refractivity contribution in [3.8, 4) is 0 Å². The van der Waals surface area contributed by atoms with Crippen LogP contribution in [-0.2, 0) is 0 Å². The van der Waals surface area contributed by atoms with Crippen molar-refractivity contribution in [1.29, 1.82) is 0 Å². The zero-order chi connectivity index (χ0) is 16.1. The molecule has 0 aliphatic carbocycles. The molecule has 2 heterocycles. The Morgan fingerprint density at radius 3 is 2.65 bits per heavy atom. The number of rotatable bonds is 5. The van der Waals surface area contributed by atoms with Crippen LogP contribution in [0, 0.1) is 6.92 Å². The first kappa shape index (κ1) is 15.5. The molecule has 0 amide bonds. The number of aryl methyl sites for hydroxylation is 1. The second-order valence-corrected chi connectivity index (χ2v) is 5.88. The summed E-state index contributed by atoms with van der Waals surface area (Å²) in [6.45, 7) is 8.99. The van der Waals surface area contributed by atoms with Gasteiger partial charge in [0.05, 0.1) is 6.20 Å². The van der Waals surface area contributed by atoms with Crippen molar-refractivity contribution in [1.82, 2.24) is 15.2 Å². The van der Waals surface area contributed by atoms with Crippen LogP contribution >= 0.6 is 0 Å². The molecular weight excluding hydrogens is 288 g/mol. The predicted octanol–water partition coefficient (Wildman–Crippen LogP) is 2.33. The first-order valence-corrected chi connectivity index (χ1v) is 8.26. The van der Waals surface area contributed by atoms with E-state index in [1.54, 1.807) is 6.20 Å². The van der Waals surface area contributed by atoms with E-state index in [-0.39, 0.29) is 0 Å². The van der Waals surface area contributed by atoms with Crippen LogP contribution in [0.25, 0.3) is 0 Å². The number of nitrogens with zero attached hydrogens (tertiary/aromatic N) is 5. The van der Waals surface area contributed by atoms with Gasteiger partial charge in [-0.15, -0.1) is 5.10 Å². The van der Waals surface area contributed by atoms with Gasteiger partial charge in [0, 0.05) is 38.4 Å². The Hall–Kier alpha value is -2.37. The summed E-state index contributed by atoms with van der Waals surface area (Å²) in [7, 11) is 0. The lowest BCUT2D eigenvalue weighted by atomic mass is 10.2. The molecule has 23 heavy (non-hydrogen) atoms. The van der Waals surface area contributed by atoms with Crippen LogP contribution in [-0.4, -0.2) is 47.9 Å². The van der Waals surface area contributed by atoms with Gasteiger partial charge < -0.3 is 15.1 Å². The maximum atomic E-state index is 4.57. The van der Waals surface area contributed by atoms with E-state index >= 15 is 0 Å². The van der Waals surface area contributed by atoms with Crippen molar-refractivity contribution in [2.75, 3.05) is 47.8 Å². The van der Waals surface area contributed by atoms with Gasteiger partial charge >= 0.3 is 0 Å². The summed E-state index contributed by atoms with van der Waals surface area (Å²) < 4.78 is 0. The molecule has 1 aliphatic heterocycles. The van der Waals surface area contributed by atoms with E-state index in [2.05, 4.69) is 68.4 Å². The summed E-state index contributed by atoms with van der Waals surface area (Å²) in [6.07, 6.45) is 2.79. The fourth-order valence-electron chi connectivity index (χ4n) is 2.78. The lowest BCUT2D eigenvalue weighted by Crippen LogP contribution is -2.47. The van der Waals surface area contributed by atoms with E-state index in [0.717, 1.165) is 45.0 Å². The van der Waals surface area contributed by atoms with Crippen molar-refractivity contribution in [3.63, 3.8) is 0 Å². The number of hydrogen-bond acceptors (Lipinski definition) is 6. The Balaban J connectivity index is 1.62. The minimum absolute atomic E-state index is 0.616. The van der Waals surface area contributed by atoms with Crippen LogP contribution < -0.4 is 15.1 Å². The smallest absolute Gasteiger partial charge is 0.244 e. The van der Waals surface area contributed by atoms with Gasteiger partial charge in [0.15, 0.2) is 5.82 Å². The van der Waals surface area contributed by atoms with Gasteiger partial charge in [-0.05, 0) is 31.0 Å². The van der Waals surface area contributed by atoms with E-state index in [4.69, 9.17) is 0 Å². The van der Waals surface area contributed by atoms with Gasteiger partial charge in [-0.1, -0.05) is 19.1 Å². The Morgan fingerprint density at radius 2 is 1.91 bits per heavy atom. The van der Waals surface area contributed by atoms with Gasteiger partial charge in [0.25, 0.3) is 0 Å². The topological polar surface area (TPSA) is 57.2 Å². The monoisotopic (exact) mass is 312 g/mol. The molecule has 0 radical (unpaired) electrons. The fourth-order valence-corrected chi connectivity index (χ4v) is 2.78. The molecule has 1 saturated heterocycles. The molecule has 122 valence electrons. The number of anilines is 3. The predicted molar refractivity (Wildman–Crippen MR) is 94.2 cm³/mol. The van der Waals surface area contributed by atoms with Gasteiger partial charge in [0.2, 0.25) is 5.95 Å². The summed E-state index contributed by atoms with van der Waals surface area (Å²) in [5.41, 5.74) is 2.60. The summed E-state index contributed by atoms with van der Waals surface area (Å²) >= 11 is 0. The Bertz CT molecular complexity index is 636. The third-order valence-corrected chi connectivity index (χ3v) is 4.05. The van der Waals surface area contributed by atoms with Crippen molar-refractivity contribution in [2.24, 2.45) is 0 Å². The third-order valence-electron chi connectivity index (χ3n) is 4.05. The van der Waals surface area contributed by atoms with E-state index in [1.807, 2.05) is 0 Å². The Morgan fingerprint density at radius 1 is 1.13 bits per heavy atom. The number of hydrogen-bond donors (Lipinski definition) is 1. The maximum absolute atomic E-state index is 4.57. The maximum Gasteiger partial charge on any atom is 0.244 e. The quantitative estimate of drug-likeness (QED) is 0.914. The molecule has 6 nitrogen and oxygen atoms in total. The molecule has 1 aliphatic rings. The van der Waals surface area contributed by atoms with Gasteiger partial charge in [0.1, 0.15) is 0 Å². The lowest BCUT2D eigenvalue weighted by Gasteiger charge is -2.36. The highest BCUT2D eigenvalue weighted by molar-refractivity contribution is 5.51. The highest BCUT2D eigenvalue weighted by Gasteiger charge is 2.19. The molecule has 6 heteroatoms. The molecule has 1 N–H and O–H groups in total. The number of aromatic nitrogens is 3. The standard InChI is InChI=1S/C17H24N6/c1-3-7-18-17-20-16(13-19-21-17)23-10-8-22(9-11-23)15-6-4-5-14(2)12-15/h4-6,12-13H,3,7-11H2,1-2H3,(H,18,20,21). The lowest BCUT2D eigenvalue weighted by molar-refractivity contribution is 0.644. The van der Waals surface area contributed by atoms with Gasteiger partial charge in [-0.2, -0.15) is 10.1 Å². The molecule has 1 aromatic carbocycles. The zero-order valence-corrected chi connectivity index (χ0v) is 13.9. The first-order chi connectivity index (χ1) is 11.3. The second kappa shape index (κ2) is 7.26. The molecule has 1 aromatic heterocycles. The van der Waals surface area contributed by atoms with Crippen molar-refractivity contribution in [3.05, 3.63) is 36.0 Å². The molecule has 0 unspecified atom stereocenters. The molecular formula is C17H24N6. The Labute approximate surface area is 137 Å². The van der Waals surface area contributed by atoms with E-state index in [9.17, 15) is 0 Å². The van der Waals surface area contributed by atoms with Gasteiger partial charge in [-0.25, -0.2) is 0 Å². The second-order valence-electron chi connectivity index (χ2n) is 5.88. The highest BCUT2D eigenvalue weighted by atomic mass is 15.3. The molecule has 1 fully saturated rings. The fraction of sp³-hybridized carbons (Fsp3) is 0.471. The SMILES string of the molecule is CCCNc1nncc(N2CCN(c3cccc(C)c3)CC2)n1. The molecule has 0 bridgehead atoms. The largest absolute Gasteiger partial charge is 0.368 e. The highest BCUT2D eigenvalue weighted by Crippen LogP contribution is 2.20. The average molecular weight is 312 g/mol. The van der Waals surface area contributed by atoms with E-state index < -0.39 is 0 Å². The molecule has 0 saturated carbocycles. The summed E-state index contributed by atoms with van der Waals surface area (Å²) in [6, 6.07) is 8.69. The van der Waals surface area contributed by atoms with Crippen LogP contribution in [0.2, 0.25) is 0 Å². The van der Waals surface area contributed by atoms with Crippen LogP contribution in [0.5, 0.6) is 0 Å². The minimum atomic E-state index is 0.616. The third kappa shape index (κ3) is 3.88. The molecule has 0 spiro atoms. The average Bonchev–Trinajstić information content (AvgIpc) is 2.60. The van der Waals surface area contributed by atoms with Crippen LogP contribution in [0.15, 0.2) is 30.5 Å². The van der Waals surface area contributed by atoms with E-state index in [1.165, 1.54) is 11.3 Å². The Kier molecular flexibility index (Phi) is 4.90. The van der Waals surface area contributed by atoms with Crippen LogP contribution in [0.3, 0.4) is 0 Å². The number of nitrogens with one attached hydrogen (secondary N) is 1. The summed E-state index contributed by atoms with van der Waals surface area (Å²) in [5.74, 6) is 1.52. The molecule has 3 rings (SSSR count). The molecule has 2 aromatic rings. The normalized spacial score (nSPS) is 14.9. The zero-order valence-electron chi connectivity index (χ0n) is 13.9.